The van der Waals surface area contributed by atoms with E-state index in [9.17, 15) is 9.59 Å². The Morgan fingerprint density at radius 3 is 2.80 bits per heavy atom. The fraction of sp³-hybridized carbons (Fsp3) is 0.385. The minimum atomic E-state index is -0.717. The summed E-state index contributed by atoms with van der Waals surface area (Å²) >= 11 is 1.55. The number of aliphatic hydroxyl groups is 1. The van der Waals surface area contributed by atoms with E-state index in [-0.39, 0.29) is 26.4 Å². The Bertz CT molecular complexity index is 454. The molecule has 0 aliphatic heterocycles. The number of hydrogen-bond acceptors (Lipinski definition) is 5. The Morgan fingerprint density at radius 2 is 2.10 bits per heavy atom. The minimum absolute atomic E-state index is 0.0692. The normalized spacial score (nSPS) is 10.1. The number of carbonyl (C=O) groups is 2. The zero-order chi connectivity index (χ0) is 14.8. The number of thioether (sulfide) groups is 1. The highest BCUT2D eigenvalue weighted by molar-refractivity contribution is 7.98. The molecule has 0 aromatic heterocycles. The number of nitrogens with one attached hydrogen (secondary N) is 2. The molecule has 0 bridgehead atoms. The molecule has 0 heterocycles. The zero-order valence-electron chi connectivity index (χ0n) is 11.2. The summed E-state index contributed by atoms with van der Waals surface area (Å²) in [6.07, 6.45) is 1.93. The number of ether oxygens (including phenoxy) is 1. The van der Waals surface area contributed by atoms with Crippen molar-refractivity contribution in [3.63, 3.8) is 0 Å². The van der Waals surface area contributed by atoms with E-state index in [2.05, 4.69) is 10.6 Å². The van der Waals surface area contributed by atoms with Gasteiger partial charge in [0.1, 0.15) is 0 Å². The Balaban J connectivity index is 2.35. The molecule has 3 N–H and O–H groups in total. The van der Waals surface area contributed by atoms with Crippen molar-refractivity contribution in [2.45, 2.75) is 4.90 Å². The second-order valence-corrected chi connectivity index (χ2v) is 4.66. The summed E-state index contributed by atoms with van der Waals surface area (Å²) < 4.78 is 4.96. The van der Waals surface area contributed by atoms with Gasteiger partial charge in [-0.05, 0) is 24.5 Å². The summed E-state index contributed by atoms with van der Waals surface area (Å²) in [6, 6.07) is 7.23. The van der Waals surface area contributed by atoms with Crippen molar-refractivity contribution in [3.8, 4) is 0 Å². The maximum Gasteiger partial charge on any atom is 0.313 e. The molecule has 1 aromatic carbocycles. The summed E-state index contributed by atoms with van der Waals surface area (Å²) in [4.78, 5) is 24.1. The molecule has 0 saturated carbocycles. The first kappa shape index (κ1) is 16.5. The summed E-state index contributed by atoms with van der Waals surface area (Å²) in [5.41, 5.74) is 0.577. The maximum absolute atomic E-state index is 11.6. The predicted molar refractivity (Wildman–Crippen MR) is 77.8 cm³/mol. The monoisotopic (exact) mass is 298 g/mol. The number of rotatable bonds is 7. The van der Waals surface area contributed by atoms with Crippen LogP contribution in [0, 0.1) is 0 Å². The predicted octanol–water partition coefficient (Wildman–Crippen LogP) is 0.472. The first-order chi connectivity index (χ1) is 9.67. The largest absolute Gasteiger partial charge is 0.394 e. The number of hydrogen-bond donors (Lipinski definition) is 3. The van der Waals surface area contributed by atoms with Crippen molar-refractivity contribution in [3.05, 3.63) is 24.3 Å². The molecule has 0 saturated heterocycles. The van der Waals surface area contributed by atoms with Crippen LogP contribution in [0.4, 0.5) is 5.69 Å². The Labute approximate surface area is 121 Å². The van der Waals surface area contributed by atoms with E-state index in [0.717, 1.165) is 4.90 Å². The number of amides is 2. The second-order valence-electron chi connectivity index (χ2n) is 3.78. The van der Waals surface area contributed by atoms with Gasteiger partial charge in [0.25, 0.3) is 0 Å². The van der Waals surface area contributed by atoms with E-state index in [1.807, 2.05) is 18.4 Å². The fourth-order valence-corrected chi connectivity index (χ4v) is 1.83. The standard InChI is InChI=1S/C13H18N2O4S/c1-20-11-4-2-3-10(9-11)15-13(18)12(17)14-5-7-19-8-6-16/h2-4,9,16H,5-8H2,1H3,(H,14,17)(H,15,18). The molecule has 2 amide bonds. The Hall–Kier alpha value is -1.57. The van der Waals surface area contributed by atoms with Gasteiger partial charge in [-0.3, -0.25) is 9.59 Å². The number of carbonyl (C=O) groups excluding carboxylic acids is 2. The van der Waals surface area contributed by atoms with E-state index in [1.54, 1.807) is 23.9 Å². The van der Waals surface area contributed by atoms with Gasteiger partial charge in [0, 0.05) is 17.1 Å². The van der Waals surface area contributed by atoms with E-state index >= 15 is 0 Å². The number of benzene rings is 1. The molecule has 20 heavy (non-hydrogen) atoms. The molecule has 1 rings (SSSR count). The highest BCUT2D eigenvalue weighted by atomic mass is 32.2. The third kappa shape index (κ3) is 6.05. The lowest BCUT2D eigenvalue weighted by molar-refractivity contribution is -0.136. The van der Waals surface area contributed by atoms with Crippen LogP contribution < -0.4 is 10.6 Å². The van der Waals surface area contributed by atoms with Crippen molar-refractivity contribution < 1.29 is 19.4 Å². The van der Waals surface area contributed by atoms with Crippen LogP contribution in [-0.2, 0) is 14.3 Å². The van der Waals surface area contributed by atoms with E-state index in [1.165, 1.54) is 0 Å². The Kier molecular flexibility index (Phi) is 7.71. The highest BCUT2D eigenvalue weighted by Crippen LogP contribution is 2.18. The average molecular weight is 298 g/mol. The summed E-state index contributed by atoms with van der Waals surface area (Å²) in [7, 11) is 0. The third-order valence-corrected chi connectivity index (χ3v) is 3.03. The molecule has 7 heteroatoms. The van der Waals surface area contributed by atoms with Crippen LogP contribution in [0.5, 0.6) is 0 Å². The Morgan fingerprint density at radius 1 is 1.30 bits per heavy atom. The lowest BCUT2D eigenvalue weighted by atomic mass is 10.3. The van der Waals surface area contributed by atoms with E-state index in [4.69, 9.17) is 9.84 Å². The van der Waals surface area contributed by atoms with Crippen molar-refractivity contribution in [2.75, 3.05) is 37.9 Å². The van der Waals surface area contributed by atoms with Crippen molar-refractivity contribution in [1.82, 2.24) is 5.32 Å². The lowest BCUT2D eigenvalue weighted by Crippen LogP contribution is -2.37. The van der Waals surface area contributed by atoms with Crippen LogP contribution in [0.25, 0.3) is 0 Å². The quantitative estimate of drug-likeness (QED) is 0.387. The molecule has 0 fully saturated rings. The number of anilines is 1. The third-order valence-electron chi connectivity index (χ3n) is 2.30. The van der Waals surface area contributed by atoms with Crippen LogP contribution in [-0.4, -0.2) is 49.5 Å². The van der Waals surface area contributed by atoms with Gasteiger partial charge in [-0.15, -0.1) is 11.8 Å². The number of aliphatic hydroxyl groups excluding tert-OH is 1. The summed E-state index contributed by atoms with van der Waals surface area (Å²) in [6.45, 7) is 0.613. The molecular formula is C13H18N2O4S. The molecule has 1 aromatic rings. The van der Waals surface area contributed by atoms with Gasteiger partial charge < -0.3 is 20.5 Å². The van der Waals surface area contributed by atoms with Gasteiger partial charge in [-0.2, -0.15) is 0 Å². The van der Waals surface area contributed by atoms with Crippen molar-refractivity contribution >= 4 is 29.3 Å². The van der Waals surface area contributed by atoms with Gasteiger partial charge >= 0.3 is 11.8 Å². The first-order valence-corrected chi connectivity index (χ1v) is 7.31. The van der Waals surface area contributed by atoms with Gasteiger partial charge in [-0.25, -0.2) is 0 Å². The van der Waals surface area contributed by atoms with Crippen LogP contribution >= 0.6 is 11.8 Å². The van der Waals surface area contributed by atoms with Gasteiger partial charge in [0.15, 0.2) is 0 Å². The van der Waals surface area contributed by atoms with Gasteiger partial charge in [0.05, 0.1) is 19.8 Å². The molecule has 6 nitrogen and oxygen atoms in total. The molecule has 0 spiro atoms. The first-order valence-electron chi connectivity index (χ1n) is 6.09. The highest BCUT2D eigenvalue weighted by Gasteiger charge is 2.12. The zero-order valence-corrected chi connectivity index (χ0v) is 12.0. The maximum atomic E-state index is 11.6. The molecule has 0 unspecified atom stereocenters. The average Bonchev–Trinajstić information content (AvgIpc) is 2.47. The van der Waals surface area contributed by atoms with Gasteiger partial charge in [0.2, 0.25) is 0 Å². The smallest absolute Gasteiger partial charge is 0.313 e. The van der Waals surface area contributed by atoms with Crippen LogP contribution in [0.2, 0.25) is 0 Å². The SMILES string of the molecule is CSc1cccc(NC(=O)C(=O)NCCOCCO)c1. The van der Waals surface area contributed by atoms with Crippen molar-refractivity contribution in [1.29, 1.82) is 0 Å². The summed E-state index contributed by atoms with van der Waals surface area (Å²) in [5.74, 6) is -1.43. The summed E-state index contributed by atoms with van der Waals surface area (Å²) in [5, 5.41) is 13.4. The molecule has 0 aliphatic rings. The van der Waals surface area contributed by atoms with Crippen LogP contribution in [0.3, 0.4) is 0 Å². The van der Waals surface area contributed by atoms with Crippen LogP contribution in [0.1, 0.15) is 0 Å². The van der Waals surface area contributed by atoms with Crippen LogP contribution in [0.15, 0.2) is 29.2 Å². The molecule has 0 aliphatic carbocycles. The second kappa shape index (κ2) is 9.35. The fourth-order valence-electron chi connectivity index (χ4n) is 1.37. The molecular weight excluding hydrogens is 280 g/mol. The van der Waals surface area contributed by atoms with E-state index in [0.29, 0.717) is 5.69 Å². The molecule has 0 radical (unpaired) electrons. The molecule has 110 valence electrons. The lowest BCUT2D eigenvalue weighted by Gasteiger charge is -2.07. The molecule has 0 atom stereocenters. The van der Waals surface area contributed by atoms with E-state index < -0.39 is 11.8 Å². The minimum Gasteiger partial charge on any atom is -0.394 e. The topological polar surface area (TPSA) is 87.7 Å². The van der Waals surface area contributed by atoms with Gasteiger partial charge in [-0.1, -0.05) is 6.07 Å². The van der Waals surface area contributed by atoms with Crippen molar-refractivity contribution in [2.24, 2.45) is 0 Å².